The van der Waals surface area contributed by atoms with E-state index >= 15 is 0 Å². The largest absolute Gasteiger partial charge is 0.463 e. The molecule has 0 aliphatic carbocycles. The van der Waals surface area contributed by atoms with Gasteiger partial charge in [0, 0.05) is 12.8 Å². The smallest absolute Gasteiger partial charge is 0.305 e. The fourth-order valence-electron chi connectivity index (χ4n) is 6.23. The second-order valence-corrected chi connectivity index (χ2v) is 15.6. The normalized spacial score (nSPS) is 14.0. The molecule has 0 heterocycles. The molecule has 0 bridgehead atoms. The van der Waals surface area contributed by atoms with Gasteiger partial charge in [0.1, 0.15) is 19.3 Å². The average Bonchev–Trinajstić information content (AvgIpc) is 3.20. The van der Waals surface area contributed by atoms with Crippen molar-refractivity contribution in [3.8, 4) is 0 Å². The molecule has 6 heteroatoms. The number of aliphatic hydroxyl groups is 2. The fraction of sp³-hybridized carbons (Fsp3) is 0.720. The number of rotatable bonds is 40. The molecular weight excluding hydrogens is 697 g/mol. The Hall–Kier alpha value is -2.70. The Labute approximate surface area is 345 Å². The summed E-state index contributed by atoms with van der Waals surface area (Å²) in [5.41, 5.74) is 0. The van der Waals surface area contributed by atoms with Gasteiger partial charge in [-0.25, -0.2) is 0 Å². The average molecular weight is 783 g/mol. The Bertz CT molecular complexity index is 1050. The van der Waals surface area contributed by atoms with E-state index in [0.29, 0.717) is 6.42 Å². The van der Waals surface area contributed by atoms with Gasteiger partial charge in [0.05, 0.1) is 6.10 Å². The lowest BCUT2D eigenvalue weighted by atomic mass is 9.99. The molecule has 3 atom stereocenters. The molecule has 0 saturated carbocycles. The molecule has 0 fully saturated rings. The SMILES string of the molecule is CC/C=C\C/C=C\C/C=C\C/C=C\C/C=C\C=C/C(O)CCC(=O)OC[C@@H](O)COC(=O)CCCCCCCCCCCCCCCCCCCCC(C)CC. The standard InChI is InChI=1S/C50H86O6/c1-4-6-7-8-9-10-11-12-13-19-22-25-28-31-34-37-40-47(51)42-43-50(54)56-45-48(52)44-55-49(53)41-38-35-32-29-26-23-20-17-15-14-16-18-21-24-27-30-33-36-39-46(3)5-2/h6-7,9-10,12-13,22,25,31,34,37,40,46-48,51-52H,4-5,8,11,14-21,23-24,26-30,32-33,35-36,38-39,41-45H2,1-3H3/b7-6-,10-9-,13-12-,25-22-,34-31-,40-37-/t46?,47?,48-/m0/s1. The number of ether oxygens (including phenoxy) is 2. The summed E-state index contributed by atoms with van der Waals surface area (Å²) in [6.07, 6.45) is 54.4. The Morgan fingerprint density at radius 1 is 0.482 bits per heavy atom. The highest BCUT2D eigenvalue weighted by Crippen LogP contribution is 2.17. The molecule has 0 spiro atoms. The van der Waals surface area contributed by atoms with Crippen LogP contribution in [-0.2, 0) is 19.1 Å². The van der Waals surface area contributed by atoms with E-state index in [1.807, 2.05) is 12.2 Å². The third-order valence-corrected chi connectivity index (χ3v) is 10.1. The van der Waals surface area contributed by atoms with Crippen LogP contribution in [0.1, 0.15) is 201 Å². The lowest BCUT2D eigenvalue weighted by molar-refractivity contribution is -0.152. The van der Waals surface area contributed by atoms with Gasteiger partial charge in [-0.2, -0.15) is 0 Å². The summed E-state index contributed by atoms with van der Waals surface area (Å²) < 4.78 is 10.2. The molecular formula is C50H86O6. The third kappa shape index (κ3) is 42.4. The predicted octanol–water partition coefficient (Wildman–Crippen LogP) is 13.7. The molecule has 322 valence electrons. The Balaban J connectivity index is 3.60. The van der Waals surface area contributed by atoms with E-state index in [2.05, 4.69) is 69.4 Å². The van der Waals surface area contributed by atoms with Crippen LogP contribution in [-0.4, -0.2) is 47.6 Å². The molecule has 0 radical (unpaired) electrons. The van der Waals surface area contributed by atoms with Crippen molar-refractivity contribution in [1.82, 2.24) is 0 Å². The van der Waals surface area contributed by atoms with Crippen LogP contribution >= 0.6 is 0 Å². The summed E-state index contributed by atoms with van der Waals surface area (Å²) in [6, 6.07) is 0. The second-order valence-electron chi connectivity index (χ2n) is 15.6. The van der Waals surface area contributed by atoms with Gasteiger partial charge < -0.3 is 19.7 Å². The molecule has 6 nitrogen and oxygen atoms in total. The van der Waals surface area contributed by atoms with E-state index in [-0.39, 0.29) is 32.0 Å². The van der Waals surface area contributed by atoms with Crippen molar-refractivity contribution in [2.75, 3.05) is 13.2 Å². The van der Waals surface area contributed by atoms with Gasteiger partial charge in [-0.3, -0.25) is 9.59 Å². The minimum absolute atomic E-state index is 0.0306. The maximum Gasteiger partial charge on any atom is 0.305 e. The van der Waals surface area contributed by atoms with Crippen LogP contribution in [0.4, 0.5) is 0 Å². The maximum atomic E-state index is 12.0. The van der Waals surface area contributed by atoms with Gasteiger partial charge in [-0.05, 0) is 50.9 Å². The van der Waals surface area contributed by atoms with E-state index in [1.54, 1.807) is 12.2 Å². The van der Waals surface area contributed by atoms with Crippen LogP contribution in [0, 0.1) is 5.92 Å². The number of hydrogen-bond acceptors (Lipinski definition) is 6. The quantitative estimate of drug-likeness (QED) is 0.0278. The summed E-state index contributed by atoms with van der Waals surface area (Å²) in [5.74, 6) is 0.0712. The van der Waals surface area contributed by atoms with Crippen molar-refractivity contribution in [2.24, 2.45) is 5.92 Å². The van der Waals surface area contributed by atoms with E-state index in [0.717, 1.165) is 57.3 Å². The zero-order valence-corrected chi connectivity index (χ0v) is 36.4. The predicted molar refractivity (Wildman–Crippen MR) is 239 cm³/mol. The summed E-state index contributed by atoms with van der Waals surface area (Å²) in [6.45, 7) is 6.39. The summed E-state index contributed by atoms with van der Waals surface area (Å²) in [7, 11) is 0. The molecule has 0 aromatic carbocycles. The first-order valence-electron chi connectivity index (χ1n) is 23.0. The second kappa shape index (κ2) is 43.4. The zero-order valence-electron chi connectivity index (χ0n) is 36.4. The lowest BCUT2D eigenvalue weighted by Gasteiger charge is -2.12. The molecule has 0 rings (SSSR count). The topological polar surface area (TPSA) is 93.1 Å². The van der Waals surface area contributed by atoms with Gasteiger partial charge in [0.2, 0.25) is 0 Å². The Kier molecular flexibility index (Phi) is 41.3. The van der Waals surface area contributed by atoms with E-state index in [4.69, 9.17) is 9.47 Å². The number of carbonyl (C=O) groups is 2. The molecule has 0 amide bonds. The first kappa shape index (κ1) is 53.3. The van der Waals surface area contributed by atoms with Gasteiger partial charge in [-0.15, -0.1) is 0 Å². The van der Waals surface area contributed by atoms with Crippen LogP contribution in [0.25, 0.3) is 0 Å². The molecule has 0 aliphatic rings. The molecule has 0 saturated heterocycles. The summed E-state index contributed by atoms with van der Waals surface area (Å²) in [4.78, 5) is 24.1. The van der Waals surface area contributed by atoms with Crippen molar-refractivity contribution >= 4 is 11.9 Å². The van der Waals surface area contributed by atoms with Crippen molar-refractivity contribution in [2.45, 2.75) is 213 Å². The first-order chi connectivity index (χ1) is 27.4. The number of aliphatic hydroxyl groups excluding tert-OH is 2. The highest BCUT2D eigenvalue weighted by molar-refractivity contribution is 5.69. The summed E-state index contributed by atoms with van der Waals surface area (Å²) >= 11 is 0. The molecule has 56 heavy (non-hydrogen) atoms. The highest BCUT2D eigenvalue weighted by Gasteiger charge is 2.13. The highest BCUT2D eigenvalue weighted by atomic mass is 16.6. The number of hydrogen-bond donors (Lipinski definition) is 2. The van der Waals surface area contributed by atoms with Crippen LogP contribution < -0.4 is 0 Å². The van der Waals surface area contributed by atoms with Crippen molar-refractivity contribution in [3.05, 3.63) is 72.9 Å². The van der Waals surface area contributed by atoms with Crippen molar-refractivity contribution < 1.29 is 29.3 Å². The molecule has 2 unspecified atom stereocenters. The van der Waals surface area contributed by atoms with E-state index < -0.39 is 18.2 Å². The first-order valence-corrected chi connectivity index (χ1v) is 23.0. The number of unbranched alkanes of at least 4 members (excludes halogenated alkanes) is 17. The lowest BCUT2D eigenvalue weighted by Crippen LogP contribution is -2.25. The third-order valence-electron chi connectivity index (χ3n) is 10.1. The minimum Gasteiger partial charge on any atom is -0.463 e. The van der Waals surface area contributed by atoms with Gasteiger partial charge in [-0.1, -0.05) is 216 Å². The van der Waals surface area contributed by atoms with Crippen LogP contribution in [0.3, 0.4) is 0 Å². The van der Waals surface area contributed by atoms with Gasteiger partial charge in [0.15, 0.2) is 0 Å². The Morgan fingerprint density at radius 3 is 1.32 bits per heavy atom. The van der Waals surface area contributed by atoms with Crippen LogP contribution in [0.5, 0.6) is 0 Å². The van der Waals surface area contributed by atoms with Crippen LogP contribution in [0.15, 0.2) is 72.9 Å². The number of esters is 2. The zero-order chi connectivity index (χ0) is 41.0. The molecule has 2 N–H and O–H groups in total. The number of carbonyl (C=O) groups excluding carboxylic acids is 2. The fourth-order valence-corrected chi connectivity index (χ4v) is 6.23. The molecule has 0 aliphatic heterocycles. The van der Waals surface area contributed by atoms with Gasteiger partial charge >= 0.3 is 11.9 Å². The van der Waals surface area contributed by atoms with Crippen molar-refractivity contribution in [1.29, 1.82) is 0 Å². The number of allylic oxidation sites excluding steroid dienone is 11. The van der Waals surface area contributed by atoms with Crippen molar-refractivity contribution in [3.63, 3.8) is 0 Å². The minimum atomic E-state index is -1.06. The monoisotopic (exact) mass is 783 g/mol. The van der Waals surface area contributed by atoms with Gasteiger partial charge in [0.25, 0.3) is 0 Å². The van der Waals surface area contributed by atoms with Crippen LogP contribution in [0.2, 0.25) is 0 Å². The van der Waals surface area contributed by atoms with E-state index in [1.165, 1.54) is 109 Å². The molecule has 0 aromatic heterocycles. The Morgan fingerprint density at radius 2 is 0.875 bits per heavy atom. The van der Waals surface area contributed by atoms with E-state index in [9.17, 15) is 19.8 Å². The summed E-state index contributed by atoms with van der Waals surface area (Å²) in [5, 5.41) is 20.2. The molecule has 0 aromatic rings. The maximum absolute atomic E-state index is 12.0.